The highest BCUT2D eigenvalue weighted by molar-refractivity contribution is 5.29. The van der Waals surface area contributed by atoms with Crippen LogP contribution in [0.25, 0.3) is 0 Å². The van der Waals surface area contributed by atoms with Gasteiger partial charge < -0.3 is 9.73 Å². The molecule has 10 heavy (non-hydrogen) atoms. The van der Waals surface area contributed by atoms with Gasteiger partial charge in [0.05, 0.1) is 12.5 Å². The molecular formula is C8H11NO. The lowest BCUT2D eigenvalue weighted by Crippen LogP contribution is -2.12. The van der Waals surface area contributed by atoms with Crippen LogP contribution < -0.4 is 5.32 Å². The SMILES string of the molecule is CNC1CCc2cocc21. The van der Waals surface area contributed by atoms with Crippen LogP contribution in [-0.4, -0.2) is 7.05 Å². The largest absolute Gasteiger partial charge is 0.472 e. The van der Waals surface area contributed by atoms with Crippen LogP contribution in [0.5, 0.6) is 0 Å². The van der Waals surface area contributed by atoms with Crippen molar-refractivity contribution in [1.29, 1.82) is 0 Å². The van der Waals surface area contributed by atoms with E-state index in [9.17, 15) is 0 Å². The maximum Gasteiger partial charge on any atom is 0.0953 e. The van der Waals surface area contributed by atoms with E-state index in [2.05, 4.69) is 5.32 Å². The lowest BCUT2D eigenvalue weighted by Gasteiger charge is -2.05. The molecule has 54 valence electrons. The second-order valence-electron chi connectivity index (χ2n) is 2.73. The highest BCUT2D eigenvalue weighted by atomic mass is 16.3. The zero-order chi connectivity index (χ0) is 6.97. The summed E-state index contributed by atoms with van der Waals surface area (Å²) in [5.74, 6) is 0. The van der Waals surface area contributed by atoms with Gasteiger partial charge in [-0.3, -0.25) is 0 Å². The smallest absolute Gasteiger partial charge is 0.0953 e. The van der Waals surface area contributed by atoms with Crippen LogP contribution in [0.15, 0.2) is 16.9 Å². The average Bonchev–Trinajstić information content (AvgIpc) is 2.44. The van der Waals surface area contributed by atoms with Gasteiger partial charge in [0.1, 0.15) is 0 Å². The van der Waals surface area contributed by atoms with Crippen LogP contribution in [0, 0.1) is 0 Å². The summed E-state index contributed by atoms with van der Waals surface area (Å²) >= 11 is 0. The molecule has 1 atom stereocenters. The second kappa shape index (κ2) is 2.13. The monoisotopic (exact) mass is 137 g/mol. The van der Waals surface area contributed by atoms with Gasteiger partial charge in [0, 0.05) is 11.6 Å². The Morgan fingerprint density at radius 2 is 2.50 bits per heavy atom. The zero-order valence-corrected chi connectivity index (χ0v) is 6.05. The number of aryl methyl sites for hydroxylation is 1. The van der Waals surface area contributed by atoms with Gasteiger partial charge in [0.15, 0.2) is 0 Å². The average molecular weight is 137 g/mol. The maximum absolute atomic E-state index is 5.08. The number of nitrogens with one attached hydrogen (secondary N) is 1. The Morgan fingerprint density at radius 1 is 1.60 bits per heavy atom. The van der Waals surface area contributed by atoms with Crippen molar-refractivity contribution in [3.05, 3.63) is 23.7 Å². The Labute approximate surface area is 60.2 Å². The third-order valence-corrected chi connectivity index (χ3v) is 2.20. The lowest BCUT2D eigenvalue weighted by atomic mass is 10.2. The Bertz CT molecular complexity index is 229. The Balaban J connectivity index is 2.34. The van der Waals surface area contributed by atoms with Gasteiger partial charge in [-0.15, -0.1) is 0 Å². The fraction of sp³-hybridized carbons (Fsp3) is 0.500. The first-order valence-corrected chi connectivity index (χ1v) is 3.64. The quantitative estimate of drug-likeness (QED) is 0.634. The van der Waals surface area contributed by atoms with E-state index in [0.717, 1.165) is 6.42 Å². The Kier molecular flexibility index (Phi) is 1.27. The summed E-state index contributed by atoms with van der Waals surface area (Å²) in [6, 6.07) is 0.536. The highest BCUT2D eigenvalue weighted by Gasteiger charge is 2.21. The predicted molar refractivity (Wildman–Crippen MR) is 38.8 cm³/mol. The first-order valence-electron chi connectivity index (χ1n) is 3.64. The minimum atomic E-state index is 0.536. The molecule has 0 saturated carbocycles. The van der Waals surface area contributed by atoms with Gasteiger partial charge in [-0.2, -0.15) is 0 Å². The summed E-state index contributed by atoms with van der Waals surface area (Å²) < 4.78 is 5.08. The fourth-order valence-electron chi connectivity index (χ4n) is 1.60. The fourth-order valence-corrected chi connectivity index (χ4v) is 1.60. The summed E-state index contributed by atoms with van der Waals surface area (Å²) in [7, 11) is 1.99. The van der Waals surface area contributed by atoms with Crippen molar-refractivity contribution in [3.63, 3.8) is 0 Å². The third kappa shape index (κ3) is 0.688. The molecule has 0 amide bonds. The molecule has 2 nitrogen and oxygen atoms in total. The summed E-state index contributed by atoms with van der Waals surface area (Å²) in [5, 5.41) is 3.25. The van der Waals surface area contributed by atoms with E-state index >= 15 is 0 Å². The van der Waals surface area contributed by atoms with Crippen LogP contribution in [0.2, 0.25) is 0 Å². The van der Waals surface area contributed by atoms with Crippen LogP contribution in [0.1, 0.15) is 23.6 Å². The molecule has 2 heteroatoms. The van der Waals surface area contributed by atoms with E-state index in [1.165, 1.54) is 17.5 Å². The number of hydrogen-bond acceptors (Lipinski definition) is 2. The van der Waals surface area contributed by atoms with Crippen molar-refractivity contribution in [3.8, 4) is 0 Å². The molecule has 0 spiro atoms. The zero-order valence-electron chi connectivity index (χ0n) is 6.05. The molecule has 1 aliphatic rings. The normalized spacial score (nSPS) is 23.1. The lowest BCUT2D eigenvalue weighted by molar-refractivity contribution is 0.526. The minimum absolute atomic E-state index is 0.536. The van der Waals surface area contributed by atoms with Crippen molar-refractivity contribution >= 4 is 0 Å². The van der Waals surface area contributed by atoms with Crippen LogP contribution in [0.4, 0.5) is 0 Å². The molecular weight excluding hydrogens is 126 g/mol. The summed E-state index contributed by atoms with van der Waals surface area (Å²) in [4.78, 5) is 0. The van der Waals surface area contributed by atoms with Gasteiger partial charge >= 0.3 is 0 Å². The summed E-state index contributed by atoms with van der Waals surface area (Å²) in [5.41, 5.74) is 2.72. The highest BCUT2D eigenvalue weighted by Crippen LogP contribution is 2.30. The predicted octanol–water partition coefficient (Wildman–Crippen LogP) is 1.49. The number of hydrogen-bond donors (Lipinski definition) is 1. The van der Waals surface area contributed by atoms with Gasteiger partial charge in [-0.05, 0) is 25.5 Å². The van der Waals surface area contributed by atoms with E-state index in [-0.39, 0.29) is 0 Å². The van der Waals surface area contributed by atoms with E-state index in [0.29, 0.717) is 6.04 Å². The molecule has 0 radical (unpaired) electrons. The topological polar surface area (TPSA) is 25.2 Å². The molecule has 2 rings (SSSR count). The molecule has 0 aliphatic heterocycles. The van der Waals surface area contributed by atoms with Crippen LogP contribution in [-0.2, 0) is 6.42 Å². The molecule has 0 aromatic carbocycles. The van der Waals surface area contributed by atoms with E-state index in [1.54, 1.807) is 0 Å². The van der Waals surface area contributed by atoms with Crippen LogP contribution in [0.3, 0.4) is 0 Å². The number of fused-ring (bicyclic) bond motifs is 1. The summed E-state index contributed by atoms with van der Waals surface area (Å²) in [6.45, 7) is 0. The molecule has 1 unspecified atom stereocenters. The molecule has 0 bridgehead atoms. The molecule has 1 N–H and O–H groups in total. The van der Waals surface area contributed by atoms with Gasteiger partial charge in [-0.1, -0.05) is 0 Å². The molecule has 1 heterocycles. The number of furan rings is 1. The van der Waals surface area contributed by atoms with Crippen molar-refractivity contribution in [2.75, 3.05) is 7.05 Å². The Morgan fingerprint density at radius 3 is 3.30 bits per heavy atom. The van der Waals surface area contributed by atoms with Gasteiger partial charge in [0.25, 0.3) is 0 Å². The minimum Gasteiger partial charge on any atom is -0.472 e. The molecule has 0 saturated heterocycles. The maximum atomic E-state index is 5.08. The molecule has 1 aromatic heterocycles. The van der Waals surface area contributed by atoms with Crippen molar-refractivity contribution < 1.29 is 4.42 Å². The first kappa shape index (κ1) is 5.98. The number of rotatable bonds is 1. The van der Waals surface area contributed by atoms with Gasteiger partial charge in [-0.25, -0.2) is 0 Å². The molecule has 1 aromatic rings. The van der Waals surface area contributed by atoms with Crippen molar-refractivity contribution in [2.24, 2.45) is 0 Å². The molecule has 1 aliphatic carbocycles. The van der Waals surface area contributed by atoms with E-state index in [1.807, 2.05) is 19.6 Å². The van der Waals surface area contributed by atoms with E-state index in [4.69, 9.17) is 4.42 Å². The van der Waals surface area contributed by atoms with Crippen LogP contribution >= 0.6 is 0 Å². The van der Waals surface area contributed by atoms with E-state index < -0.39 is 0 Å². The van der Waals surface area contributed by atoms with Crippen molar-refractivity contribution in [1.82, 2.24) is 5.32 Å². The molecule has 0 fully saturated rings. The van der Waals surface area contributed by atoms with Crippen molar-refractivity contribution in [2.45, 2.75) is 18.9 Å². The summed E-state index contributed by atoms with van der Waals surface area (Å²) in [6.07, 6.45) is 6.09. The third-order valence-electron chi connectivity index (χ3n) is 2.20. The van der Waals surface area contributed by atoms with Gasteiger partial charge in [0.2, 0.25) is 0 Å². The second-order valence-corrected chi connectivity index (χ2v) is 2.73. The first-order chi connectivity index (χ1) is 4.92. The standard InChI is InChI=1S/C8H11NO/c1-9-8-3-2-6-4-10-5-7(6)8/h4-5,8-9H,2-3H2,1H3. The Hall–Kier alpha value is -0.760.